The number of halogens is 1. The molecule has 26 heavy (non-hydrogen) atoms. The van der Waals surface area contributed by atoms with Crippen molar-refractivity contribution in [3.63, 3.8) is 0 Å². The zero-order chi connectivity index (χ0) is 18.4. The van der Waals surface area contributed by atoms with Gasteiger partial charge >= 0.3 is 11.8 Å². The van der Waals surface area contributed by atoms with Crippen molar-refractivity contribution in [2.24, 2.45) is 0 Å². The van der Waals surface area contributed by atoms with Gasteiger partial charge in [-0.15, -0.1) is 0 Å². The Hall–Kier alpha value is -3.19. The molecule has 0 fully saturated rings. The lowest BCUT2D eigenvalue weighted by atomic mass is 10.2. The molecule has 0 aliphatic carbocycles. The largest absolute Gasteiger partial charge is 0.344 e. The third kappa shape index (κ3) is 4.67. The molecule has 8 heteroatoms. The third-order valence-electron chi connectivity index (χ3n) is 3.63. The van der Waals surface area contributed by atoms with E-state index in [1.807, 2.05) is 18.2 Å². The van der Waals surface area contributed by atoms with E-state index in [2.05, 4.69) is 20.7 Å². The number of nitrogens with one attached hydrogen (secondary N) is 2. The lowest BCUT2D eigenvalue weighted by molar-refractivity contribution is -0.136. The molecule has 1 aromatic heterocycles. The van der Waals surface area contributed by atoms with Crippen LogP contribution in [-0.4, -0.2) is 26.6 Å². The van der Waals surface area contributed by atoms with Crippen LogP contribution in [0.2, 0.25) is 5.02 Å². The van der Waals surface area contributed by atoms with Crippen LogP contribution in [0.1, 0.15) is 11.1 Å². The van der Waals surface area contributed by atoms with Crippen LogP contribution in [0.5, 0.6) is 0 Å². The summed E-state index contributed by atoms with van der Waals surface area (Å²) in [7, 11) is 0. The van der Waals surface area contributed by atoms with Gasteiger partial charge in [0.05, 0.1) is 6.54 Å². The van der Waals surface area contributed by atoms with Crippen molar-refractivity contribution in [1.29, 1.82) is 0 Å². The second-order valence-corrected chi connectivity index (χ2v) is 5.93. The summed E-state index contributed by atoms with van der Waals surface area (Å²) in [6.07, 6.45) is 3.09. The Morgan fingerprint density at radius 2 is 1.81 bits per heavy atom. The van der Waals surface area contributed by atoms with Crippen molar-refractivity contribution < 1.29 is 9.59 Å². The van der Waals surface area contributed by atoms with Crippen LogP contribution < -0.4 is 10.6 Å². The minimum absolute atomic E-state index is 0.183. The Labute approximate surface area is 155 Å². The molecular formula is C18H16ClN5O2. The highest BCUT2D eigenvalue weighted by Crippen LogP contribution is 2.14. The Balaban J connectivity index is 1.52. The van der Waals surface area contributed by atoms with Gasteiger partial charge in [0.1, 0.15) is 12.7 Å². The van der Waals surface area contributed by atoms with E-state index in [0.717, 1.165) is 11.1 Å². The SMILES string of the molecule is O=C(NCc1ccccc1Cl)C(=O)Nc1ccc(Cn2cncn2)cc1. The van der Waals surface area contributed by atoms with Gasteiger partial charge < -0.3 is 10.6 Å². The van der Waals surface area contributed by atoms with E-state index >= 15 is 0 Å². The summed E-state index contributed by atoms with van der Waals surface area (Å²) in [4.78, 5) is 27.8. The van der Waals surface area contributed by atoms with Gasteiger partial charge in [-0.05, 0) is 29.3 Å². The predicted molar refractivity (Wildman–Crippen MR) is 97.5 cm³/mol. The number of amides is 2. The molecule has 132 valence electrons. The molecule has 0 bridgehead atoms. The minimum atomic E-state index is -0.735. The number of hydrogen-bond donors (Lipinski definition) is 2. The Morgan fingerprint density at radius 1 is 1.04 bits per heavy atom. The highest BCUT2D eigenvalue weighted by Gasteiger charge is 2.14. The fourth-order valence-electron chi connectivity index (χ4n) is 2.28. The quantitative estimate of drug-likeness (QED) is 0.675. The normalized spacial score (nSPS) is 10.3. The predicted octanol–water partition coefficient (Wildman–Crippen LogP) is 2.23. The van der Waals surface area contributed by atoms with Gasteiger partial charge in [-0.25, -0.2) is 9.67 Å². The fourth-order valence-corrected chi connectivity index (χ4v) is 2.48. The number of carbonyl (C=O) groups excluding carboxylic acids is 2. The molecule has 3 aromatic rings. The number of hydrogen-bond acceptors (Lipinski definition) is 4. The summed E-state index contributed by atoms with van der Waals surface area (Å²) in [6.45, 7) is 0.759. The lowest BCUT2D eigenvalue weighted by Gasteiger charge is -2.08. The first-order chi connectivity index (χ1) is 12.6. The Morgan fingerprint density at radius 3 is 2.50 bits per heavy atom. The van der Waals surface area contributed by atoms with Crippen molar-refractivity contribution in [2.45, 2.75) is 13.1 Å². The van der Waals surface area contributed by atoms with Crippen LogP contribution in [0.25, 0.3) is 0 Å². The second kappa shape index (κ2) is 8.26. The molecule has 0 aliphatic rings. The van der Waals surface area contributed by atoms with E-state index in [9.17, 15) is 9.59 Å². The summed E-state index contributed by atoms with van der Waals surface area (Å²) in [5.41, 5.74) is 2.27. The van der Waals surface area contributed by atoms with E-state index in [4.69, 9.17) is 11.6 Å². The van der Waals surface area contributed by atoms with Crippen LogP contribution in [0.4, 0.5) is 5.69 Å². The highest BCUT2D eigenvalue weighted by atomic mass is 35.5. The van der Waals surface area contributed by atoms with Crippen LogP contribution >= 0.6 is 11.6 Å². The number of benzene rings is 2. The Kier molecular flexibility index (Phi) is 5.60. The van der Waals surface area contributed by atoms with Gasteiger partial charge in [-0.3, -0.25) is 9.59 Å². The fraction of sp³-hybridized carbons (Fsp3) is 0.111. The molecule has 7 nitrogen and oxygen atoms in total. The molecular weight excluding hydrogens is 354 g/mol. The molecule has 2 amide bonds. The van der Waals surface area contributed by atoms with Crippen LogP contribution in [0.3, 0.4) is 0 Å². The average molecular weight is 370 g/mol. The van der Waals surface area contributed by atoms with Gasteiger partial charge in [-0.2, -0.15) is 5.10 Å². The Bertz CT molecular complexity index is 894. The van der Waals surface area contributed by atoms with E-state index in [1.54, 1.807) is 41.3 Å². The van der Waals surface area contributed by atoms with E-state index in [1.165, 1.54) is 6.33 Å². The second-order valence-electron chi connectivity index (χ2n) is 5.52. The average Bonchev–Trinajstić information content (AvgIpc) is 3.15. The topological polar surface area (TPSA) is 88.9 Å². The molecule has 0 saturated carbocycles. The zero-order valence-corrected chi connectivity index (χ0v) is 14.5. The number of aromatic nitrogens is 3. The summed E-state index contributed by atoms with van der Waals surface area (Å²) in [5.74, 6) is -1.46. The molecule has 2 N–H and O–H groups in total. The molecule has 0 unspecified atom stereocenters. The molecule has 3 rings (SSSR count). The van der Waals surface area contributed by atoms with Gasteiger partial charge in [0.15, 0.2) is 0 Å². The zero-order valence-electron chi connectivity index (χ0n) is 13.7. The maximum atomic E-state index is 12.0. The molecule has 0 aliphatic heterocycles. The summed E-state index contributed by atoms with van der Waals surface area (Å²) < 4.78 is 1.69. The first kappa shape index (κ1) is 17.6. The monoisotopic (exact) mass is 369 g/mol. The van der Waals surface area contributed by atoms with Gasteiger partial charge in [0.2, 0.25) is 0 Å². The molecule has 1 heterocycles. The standard InChI is InChI=1S/C18H16ClN5O2/c19-16-4-2-1-3-14(16)9-21-17(25)18(26)23-15-7-5-13(6-8-15)10-24-12-20-11-22-24/h1-8,11-12H,9-10H2,(H,21,25)(H,23,26). The van der Waals surface area contributed by atoms with Gasteiger partial charge in [0, 0.05) is 17.3 Å². The molecule has 2 aromatic carbocycles. The van der Waals surface area contributed by atoms with E-state index < -0.39 is 11.8 Å². The number of nitrogens with zero attached hydrogens (tertiary/aromatic N) is 3. The molecule has 0 atom stereocenters. The van der Waals surface area contributed by atoms with Crippen molar-refractivity contribution in [2.75, 3.05) is 5.32 Å². The van der Waals surface area contributed by atoms with Gasteiger partial charge in [0.25, 0.3) is 0 Å². The third-order valence-corrected chi connectivity index (χ3v) is 4.00. The van der Waals surface area contributed by atoms with E-state index in [-0.39, 0.29) is 6.54 Å². The van der Waals surface area contributed by atoms with E-state index in [0.29, 0.717) is 17.3 Å². The lowest BCUT2D eigenvalue weighted by Crippen LogP contribution is -2.35. The highest BCUT2D eigenvalue weighted by molar-refractivity contribution is 6.39. The number of rotatable bonds is 5. The summed E-state index contributed by atoms with van der Waals surface area (Å²) >= 11 is 6.02. The first-order valence-electron chi connectivity index (χ1n) is 7.86. The van der Waals surface area contributed by atoms with Crippen LogP contribution in [0, 0.1) is 0 Å². The number of anilines is 1. The summed E-state index contributed by atoms with van der Waals surface area (Å²) in [5, 5.41) is 9.68. The first-order valence-corrected chi connectivity index (χ1v) is 8.23. The molecule has 0 radical (unpaired) electrons. The van der Waals surface area contributed by atoms with Crippen molar-refractivity contribution in [1.82, 2.24) is 20.1 Å². The van der Waals surface area contributed by atoms with Gasteiger partial charge in [-0.1, -0.05) is 41.9 Å². The summed E-state index contributed by atoms with van der Waals surface area (Å²) in [6, 6.07) is 14.3. The molecule has 0 saturated heterocycles. The van der Waals surface area contributed by atoms with Crippen LogP contribution in [-0.2, 0) is 22.7 Å². The maximum absolute atomic E-state index is 12.0. The van der Waals surface area contributed by atoms with Crippen LogP contribution in [0.15, 0.2) is 61.2 Å². The minimum Gasteiger partial charge on any atom is -0.344 e. The van der Waals surface area contributed by atoms with Crippen molar-refractivity contribution >= 4 is 29.1 Å². The smallest absolute Gasteiger partial charge is 0.313 e. The molecule has 0 spiro atoms. The number of carbonyl (C=O) groups is 2. The van der Waals surface area contributed by atoms with Crippen molar-refractivity contribution in [3.8, 4) is 0 Å². The maximum Gasteiger partial charge on any atom is 0.313 e. The van der Waals surface area contributed by atoms with Crippen molar-refractivity contribution in [3.05, 3.63) is 77.3 Å².